The molecular formula is C15H13ClN2O3S2. The van der Waals surface area contributed by atoms with Crippen molar-refractivity contribution in [2.24, 2.45) is 0 Å². The van der Waals surface area contributed by atoms with Crippen molar-refractivity contribution in [3.05, 3.63) is 51.3 Å². The maximum atomic E-state index is 12.8. The van der Waals surface area contributed by atoms with Gasteiger partial charge in [-0.05, 0) is 38.1 Å². The summed E-state index contributed by atoms with van der Waals surface area (Å²) in [6.45, 7) is 3.63. The maximum Gasteiger partial charge on any atom is 0.263 e. The lowest BCUT2D eigenvalue weighted by Gasteiger charge is -2.09. The standard InChI is InChI=1S/C15H13ClN2O3S2/c1-9-14(13-7-8-17-21-13)15(10(2)22-9)23(19,20)18-12-5-3-11(16)4-6-12/h3-8,18H,1-2H3. The highest BCUT2D eigenvalue weighted by atomic mass is 35.5. The number of anilines is 1. The number of thiophene rings is 1. The molecule has 0 fully saturated rings. The quantitative estimate of drug-likeness (QED) is 0.737. The summed E-state index contributed by atoms with van der Waals surface area (Å²) in [7, 11) is -3.76. The number of benzene rings is 1. The van der Waals surface area contributed by atoms with Crippen LogP contribution in [-0.4, -0.2) is 13.6 Å². The molecule has 0 aliphatic heterocycles. The summed E-state index contributed by atoms with van der Waals surface area (Å²) < 4.78 is 33.4. The Labute approximate surface area is 142 Å². The van der Waals surface area contributed by atoms with Gasteiger partial charge in [0.1, 0.15) is 4.90 Å². The Hall–Kier alpha value is -1.83. The van der Waals surface area contributed by atoms with Crippen molar-refractivity contribution in [2.75, 3.05) is 4.72 Å². The number of nitrogens with one attached hydrogen (secondary N) is 1. The van der Waals surface area contributed by atoms with Crippen molar-refractivity contribution in [3.63, 3.8) is 0 Å². The molecule has 23 heavy (non-hydrogen) atoms. The van der Waals surface area contributed by atoms with Gasteiger partial charge in [0, 0.05) is 26.5 Å². The number of rotatable bonds is 4. The molecule has 0 bridgehead atoms. The van der Waals surface area contributed by atoms with Crippen LogP contribution >= 0.6 is 22.9 Å². The summed E-state index contributed by atoms with van der Waals surface area (Å²) in [5, 5.41) is 4.21. The van der Waals surface area contributed by atoms with Crippen LogP contribution in [0.15, 0.2) is 45.9 Å². The van der Waals surface area contributed by atoms with Crippen molar-refractivity contribution < 1.29 is 12.9 Å². The number of hydrogen-bond acceptors (Lipinski definition) is 5. The topological polar surface area (TPSA) is 72.2 Å². The largest absolute Gasteiger partial charge is 0.356 e. The molecule has 1 aromatic carbocycles. The van der Waals surface area contributed by atoms with E-state index >= 15 is 0 Å². The maximum absolute atomic E-state index is 12.8. The minimum atomic E-state index is -3.76. The molecule has 0 radical (unpaired) electrons. The summed E-state index contributed by atoms with van der Waals surface area (Å²) in [6.07, 6.45) is 1.49. The Kier molecular flexibility index (Phi) is 4.18. The van der Waals surface area contributed by atoms with E-state index in [1.807, 2.05) is 6.92 Å². The van der Waals surface area contributed by atoms with Crippen LogP contribution in [0.3, 0.4) is 0 Å². The highest BCUT2D eigenvalue weighted by molar-refractivity contribution is 7.93. The summed E-state index contributed by atoms with van der Waals surface area (Å²) in [4.78, 5) is 1.76. The SMILES string of the molecule is Cc1sc(C)c(S(=O)(=O)Nc2ccc(Cl)cc2)c1-c1ccno1. The first-order chi connectivity index (χ1) is 10.9. The zero-order chi connectivity index (χ0) is 16.6. The number of halogens is 1. The molecule has 2 heterocycles. The average Bonchev–Trinajstić information content (AvgIpc) is 3.08. The second-order valence-electron chi connectivity index (χ2n) is 4.91. The van der Waals surface area contributed by atoms with Gasteiger partial charge in [0.2, 0.25) is 0 Å². The van der Waals surface area contributed by atoms with Crippen molar-refractivity contribution in [3.8, 4) is 11.3 Å². The number of nitrogens with zero attached hydrogens (tertiary/aromatic N) is 1. The monoisotopic (exact) mass is 368 g/mol. The second-order valence-corrected chi connectivity index (χ2v) is 8.39. The normalized spacial score (nSPS) is 11.6. The molecule has 0 aliphatic rings. The van der Waals surface area contributed by atoms with E-state index in [-0.39, 0.29) is 4.90 Å². The fourth-order valence-corrected chi connectivity index (χ4v) is 5.39. The van der Waals surface area contributed by atoms with Crippen molar-refractivity contribution >= 4 is 38.6 Å². The Bertz CT molecular complexity index is 930. The first kappa shape index (κ1) is 16.0. The van der Waals surface area contributed by atoms with Gasteiger partial charge >= 0.3 is 0 Å². The number of aryl methyl sites for hydroxylation is 2. The summed E-state index contributed by atoms with van der Waals surface area (Å²) in [5.74, 6) is 0.434. The minimum absolute atomic E-state index is 0.215. The van der Waals surface area contributed by atoms with Gasteiger partial charge in [-0.2, -0.15) is 0 Å². The molecule has 1 N–H and O–H groups in total. The van der Waals surface area contributed by atoms with E-state index < -0.39 is 10.0 Å². The van der Waals surface area contributed by atoms with Crippen LogP contribution in [0.5, 0.6) is 0 Å². The second kappa shape index (κ2) is 5.99. The van der Waals surface area contributed by atoms with Gasteiger partial charge in [0.15, 0.2) is 5.76 Å². The molecule has 2 aromatic heterocycles. The first-order valence-electron chi connectivity index (χ1n) is 6.68. The zero-order valence-electron chi connectivity index (χ0n) is 12.3. The number of hydrogen-bond donors (Lipinski definition) is 1. The van der Waals surface area contributed by atoms with Crippen molar-refractivity contribution in [2.45, 2.75) is 18.7 Å². The number of sulfonamides is 1. The van der Waals surface area contributed by atoms with E-state index in [1.165, 1.54) is 17.5 Å². The lowest BCUT2D eigenvalue weighted by Crippen LogP contribution is -2.14. The van der Waals surface area contributed by atoms with E-state index in [4.69, 9.17) is 16.1 Å². The molecule has 8 heteroatoms. The van der Waals surface area contributed by atoms with Crippen LogP contribution in [0.1, 0.15) is 9.75 Å². The summed E-state index contributed by atoms with van der Waals surface area (Å²) >= 11 is 7.23. The molecule has 0 saturated heterocycles. The van der Waals surface area contributed by atoms with Gasteiger partial charge < -0.3 is 4.52 Å². The molecule has 5 nitrogen and oxygen atoms in total. The molecule has 0 atom stereocenters. The highest BCUT2D eigenvalue weighted by Crippen LogP contribution is 2.39. The average molecular weight is 369 g/mol. The predicted octanol–water partition coefficient (Wildman–Crippen LogP) is 4.47. The minimum Gasteiger partial charge on any atom is -0.356 e. The molecule has 0 saturated carbocycles. The fourth-order valence-electron chi connectivity index (χ4n) is 2.34. The van der Waals surface area contributed by atoms with Gasteiger partial charge in [-0.3, -0.25) is 4.72 Å². The Balaban J connectivity index is 2.08. The first-order valence-corrected chi connectivity index (χ1v) is 9.35. The number of aromatic nitrogens is 1. The molecule has 120 valence electrons. The van der Waals surface area contributed by atoms with Gasteiger partial charge in [-0.15, -0.1) is 11.3 Å². The van der Waals surface area contributed by atoms with E-state index in [2.05, 4.69) is 9.88 Å². The molecule has 0 amide bonds. The fraction of sp³-hybridized carbons (Fsp3) is 0.133. The van der Waals surface area contributed by atoms with Gasteiger partial charge in [0.05, 0.1) is 11.8 Å². The van der Waals surface area contributed by atoms with Gasteiger partial charge in [0.25, 0.3) is 10.0 Å². The molecular weight excluding hydrogens is 356 g/mol. The predicted molar refractivity (Wildman–Crippen MR) is 91.6 cm³/mol. The third-order valence-corrected chi connectivity index (χ3v) is 6.21. The third-order valence-electron chi connectivity index (χ3n) is 3.25. The van der Waals surface area contributed by atoms with Gasteiger partial charge in [-0.25, -0.2) is 8.42 Å². The van der Waals surface area contributed by atoms with Crippen molar-refractivity contribution in [1.82, 2.24) is 5.16 Å². The van der Waals surface area contributed by atoms with Crippen molar-refractivity contribution in [1.29, 1.82) is 0 Å². The Morgan fingerprint density at radius 1 is 1.13 bits per heavy atom. The van der Waals surface area contributed by atoms with Crippen LogP contribution < -0.4 is 4.72 Å². The lowest BCUT2D eigenvalue weighted by atomic mass is 10.2. The smallest absolute Gasteiger partial charge is 0.263 e. The summed E-state index contributed by atoms with van der Waals surface area (Å²) in [6, 6.07) is 8.13. The van der Waals surface area contributed by atoms with E-state index in [0.717, 1.165) is 4.88 Å². The van der Waals surface area contributed by atoms with E-state index in [1.54, 1.807) is 37.3 Å². The van der Waals surface area contributed by atoms with Crippen LogP contribution in [0.25, 0.3) is 11.3 Å². The molecule has 0 spiro atoms. The van der Waals surface area contributed by atoms with Crippen LogP contribution in [0, 0.1) is 13.8 Å². The Morgan fingerprint density at radius 2 is 1.83 bits per heavy atom. The van der Waals surface area contributed by atoms with Gasteiger partial charge in [-0.1, -0.05) is 16.8 Å². The Morgan fingerprint density at radius 3 is 2.43 bits per heavy atom. The van der Waals surface area contributed by atoms with E-state index in [9.17, 15) is 8.42 Å². The lowest BCUT2D eigenvalue weighted by molar-refractivity contribution is 0.431. The van der Waals surface area contributed by atoms with Crippen LogP contribution in [0.4, 0.5) is 5.69 Å². The molecule has 3 rings (SSSR count). The molecule has 0 unspecified atom stereocenters. The third kappa shape index (κ3) is 3.12. The molecule has 3 aromatic rings. The van der Waals surface area contributed by atoms with E-state index in [0.29, 0.717) is 26.9 Å². The molecule has 0 aliphatic carbocycles. The zero-order valence-corrected chi connectivity index (χ0v) is 14.7. The van der Waals surface area contributed by atoms with Crippen LogP contribution in [-0.2, 0) is 10.0 Å². The van der Waals surface area contributed by atoms with Crippen LogP contribution in [0.2, 0.25) is 5.02 Å². The summed E-state index contributed by atoms with van der Waals surface area (Å²) in [5.41, 5.74) is 0.993. The highest BCUT2D eigenvalue weighted by Gasteiger charge is 2.28.